The fraction of sp³-hybridized carbons (Fsp3) is 0.0667. The molecule has 0 aliphatic heterocycles. The number of nitrogens with zero attached hydrogens (tertiary/aromatic N) is 2. The fourth-order valence-electron chi connectivity index (χ4n) is 1.90. The van der Waals surface area contributed by atoms with Crippen LogP contribution in [0.25, 0.3) is 17.1 Å². The molecule has 4 heteroatoms. The van der Waals surface area contributed by atoms with Crippen LogP contribution in [0.1, 0.15) is 16.8 Å². The summed E-state index contributed by atoms with van der Waals surface area (Å²) in [4.78, 5) is 17.0. The molecule has 0 saturated heterocycles. The number of hydrogen-bond acceptors (Lipinski definition) is 3. The topological polar surface area (TPSA) is 34.4 Å². The zero-order chi connectivity index (χ0) is 13.2. The van der Waals surface area contributed by atoms with Gasteiger partial charge < -0.3 is 0 Å². The number of benzene rings is 1. The summed E-state index contributed by atoms with van der Waals surface area (Å²) >= 11 is 1.46. The van der Waals surface area contributed by atoms with Gasteiger partial charge in [0.2, 0.25) is 0 Å². The second-order valence-corrected chi connectivity index (χ2v) is 5.20. The van der Waals surface area contributed by atoms with Crippen LogP contribution in [-0.2, 0) is 0 Å². The second-order valence-electron chi connectivity index (χ2n) is 4.32. The van der Waals surface area contributed by atoms with Crippen molar-refractivity contribution in [3.05, 3.63) is 69.1 Å². The molecule has 0 saturated carbocycles. The van der Waals surface area contributed by atoms with Gasteiger partial charge in [0.05, 0.1) is 5.69 Å². The molecule has 19 heavy (non-hydrogen) atoms. The van der Waals surface area contributed by atoms with Crippen LogP contribution in [0, 0.1) is 6.92 Å². The third-order valence-electron chi connectivity index (χ3n) is 2.81. The summed E-state index contributed by atoms with van der Waals surface area (Å²) in [5.41, 5.74) is 2.96. The first-order chi connectivity index (χ1) is 9.22. The van der Waals surface area contributed by atoms with E-state index in [0.717, 1.165) is 10.5 Å². The monoisotopic (exact) mass is 268 g/mol. The molecule has 0 unspecified atom stereocenters. The third kappa shape index (κ3) is 2.48. The van der Waals surface area contributed by atoms with E-state index >= 15 is 0 Å². The number of aryl methyl sites for hydroxylation is 1. The van der Waals surface area contributed by atoms with E-state index in [-0.39, 0.29) is 5.56 Å². The first-order valence-electron chi connectivity index (χ1n) is 5.94. The average Bonchev–Trinajstić information content (AvgIpc) is 2.85. The molecule has 0 radical (unpaired) electrons. The Bertz CT molecular complexity index is 814. The molecular weight excluding hydrogens is 256 g/mol. The Labute approximate surface area is 114 Å². The number of thiazole rings is 1. The summed E-state index contributed by atoms with van der Waals surface area (Å²) in [6.07, 6.45) is 5.58. The predicted octanol–water partition coefficient (Wildman–Crippen LogP) is 3.23. The molecule has 3 rings (SSSR count). The van der Waals surface area contributed by atoms with Crippen LogP contribution >= 0.6 is 11.3 Å². The van der Waals surface area contributed by atoms with Gasteiger partial charge in [0.15, 0.2) is 4.96 Å². The molecule has 1 aromatic carbocycles. The van der Waals surface area contributed by atoms with Crippen LogP contribution in [0.3, 0.4) is 0 Å². The number of rotatable bonds is 2. The molecule has 0 bridgehead atoms. The van der Waals surface area contributed by atoms with Gasteiger partial charge in [0, 0.05) is 17.6 Å². The molecule has 94 valence electrons. The molecule has 0 aliphatic carbocycles. The normalized spacial score (nSPS) is 11.4. The zero-order valence-electron chi connectivity index (χ0n) is 10.4. The first-order valence-corrected chi connectivity index (χ1v) is 6.82. The number of fused-ring (bicyclic) bond motifs is 1. The van der Waals surface area contributed by atoms with E-state index in [1.165, 1.54) is 16.9 Å². The van der Waals surface area contributed by atoms with Crippen molar-refractivity contribution in [2.24, 2.45) is 0 Å². The SMILES string of the molecule is Cc1cccc(/C=C/c2cc(=O)n3ccsc3n2)c1. The lowest BCUT2D eigenvalue weighted by Crippen LogP contribution is -2.11. The summed E-state index contributed by atoms with van der Waals surface area (Å²) < 4.78 is 1.55. The largest absolute Gasteiger partial charge is 0.269 e. The molecule has 0 fully saturated rings. The molecule has 0 amide bonds. The van der Waals surface area contributed by atoms with E-state index in [2.05, 4.69) is 24.0 Å². The summed E-state index contributed by atoms with van der Waals surface area (Å²) in [7, 11) is 0. The third-order valence-corrected chi connectivity index (χ3v) is 3.57. The van der Waals surface area contributed by atoms with Crippen LogP contribution < -0.4 is 5.56 Å². The van der Waals surface area contributed by atoms with E-state index in [0.29, 0.717) is 5.69 Å². The Morgan fingerprint density at radius 3 is 3.00 bits per heavy atom. The second kappa shape index (κ2) is 4.82. The number of hydrogen-bond donors (Lipinski definition) is 0. The minimum absolute atomic E-state index is 0.0462. The van der Waals surface area contributed by atoms with Gasteiger partial charge in [-0.2, -0.15) is 0 Å². The lowest BCUT2D eigenvalue weighted by atomic mass is 10.1. The molecule has 0 atom stereocenters. The van der Waals surface area contributed by atoms with Crippen molar-refractivity contribution in [2.75, 3.05) is 0 Å². The van der Waals surface area contributed by atoms with Gasteiger partial charge in [0.25, 0.3) is 5.56 Å². The molecule has 3 aromatic rings. The Balaban J connectivity index is 1.99. The van der Waals surface area contributed by atoms with Crippen molar-refractivity contribution in [1.29, 1.82) is 0 Å². The van der Waals surface area contributed by atoms with Gasteiger partial charge in [-0.3, -0.25) is 9.20 Å². The maximum atomic E-state index is 11.8. The van der Waals surface area contributed by atoms with E-state index in [9.17, 15) is 4.79 Å². The minimum Gasteiger partial charge on any atom is -0.269 e. The Kier molecular flexibility index (Phi) is 3.01. The summed E-state index contributed by atoms with van der Waals surface area (Å²) in [6.45, 7) is 2.06. The van der Waals surface area contributed by atoms with Crippen molar-refractivity contribution in [3.8, 4) is 0 Å². The number of aromatic nitrogens is 2. The predicted molar refractivity (Wildman–Crippen MR) is 79.4 cm³/mol. The smallest absolute Gasteiger partial charge is 0.259 e. The van der Waals surface area contributed by atoms with Crippen LogP contribution in [-0.4, -0.2) is 9.38 Å². The van der Waals surface area contributed by atoms with Crippen molar-refractivity contribution in [3.63, 3.8) is 0 Å². The summed E-state index contributed by atoms with van der Waals surface area (Å²) in [5.74, 6) is 0. The lowest BCUT2D eigenvalue weighted by Gasteiger charge is -1.97. The van der Waals surface area contributed by atoms with E-state index in [1.807, 2.05) is 29.7 Å². The Hall–Kier alpha value is -2.20. The molecule has 3 nitrogen and oxygen atoms in total. The zero-order valence-corrected chi connectivity index (χ0v) is 11.2. The van der Waals surface area contributed by atoms with E-state index < -0.39 is 0 Å². The van der Waals surface area contributed by atoms with Gasteiger partial charge in [-0.05, 0) is 18.6 Å². The quantitative estimate of drug-likeness (QED) is 0.715. The highest BCUT2D eigenvalue weighted by molar-refractivity contribution is 7.15. The van der Waals surface area contributed by atoms with Gasteiger partial charge in [-0.15, -0.1) is 11.3 Å². The summed E-state index contributed by atoms with van der Waals surface area (Å²) in [5, 5.41) is 1.86. The van der Waals surface area contributed by atoms with Gasteiger partial charge in [-0.25, -0.2) is 4.98 Å². The molecular formula is C15H12N2OS. The molecule has 2 heterocycles. The highest BCUT2D eigenvalue weighted by atomic mass is 32.1. The van der Waals surface area contributed by atoms with Gasteiger partial charge in [0.1, 0.15) is 0 Å². The van der Waals surface area contributed by atoms with Crippen LogP contribution in [0.4, 0.5) is 0 Å². The molecule has 0 N–H and O–H groups in total. The molecule has 0 aliphatic rings. The van der Waals surface area contributed by atoms with Gasteiger partial charge in [-0.1, -0.05) is 35.9 Å². The van der Waals surface area contributed by atoms with Crippen LogP contribution in [0.15, 0.2) is 46.7 Å². The maximum absolute atomic E-state index is 11.8. The fourth-order valence-corrected chi connectivity index (χ4v) is 2.63. The van der Waals surface area contributed by atoms with Crippen LogP contribution in [0.5, 0.6) is 0 Å². The standard InChI is InChI=1S/C15H12N2OS/c1-11-3-2-4-12(9-11)5-6-13-10-14(18)17-7-8-19-15(17)16-13/h2-10H,1H3/b6-5+. The van der Waals surface area contributed by atoms with Gasteiger partial charge >= 0.3 is 0 Å². The Morgan fingerprint density at radius 2 is 2.16 bits per heavy atom. The van der Waals surface area contributed by atoms with Crippen molar-refractivity contribution in [2.45, 2.75) is 6.92 Å². The Morgan fingerprint density at radius 1 is 1.26 bits per heavy atom. The lowest BCUT2D eigenvalue weighted by molar-refractivity contribution is 1.07. The van der Waals surface area contributed by atoms with Crippen molar-refractivity contribution >= 4 is 28.4 Å². The average molecular weight is 268 g/mol. The highest BCUT2D eigenvalue weighted by Gasteiger charge is 2.00. The first kappa shape index (κ1) is 11.9. The van der Waals surface area contributed by atoms with Crippen molar-refractivity contribution in [1.82, 2.24) is 9.38 Å². The summed E-state index contributed by atoms with van der Waals surface area (Å²) in [6, 6.07) is 9.73. The van der Waals surface area contributed by atoms with Crippen molar-refractivity contribution < 1.29 is 0 Å². The maximum Gasteiger partial charge on any atom is 0.259 e. The minimum atomic E-state index is -0.0462. The van der Waals surface area contributed by atoms with E-state index in [1.54, 1.807) is 16.7 Å². The van der Waals surface area contributed by atoms with Crippen LogP contribution in [0.2, 0.25) is 0 Å². The van der Waals surface area contributed by atoms with E-state index in [4.69, 9.17) is 0 Å². The molecule has 2 aromatic heterocycles. The molecule has 0 spiro atoms. The highest BCUT2D eigenvalue weighted by Crippen LogP contribution is 2.10.